The summed E-state index contributed by atoms with van der Waals surface area (Å²) >= 11 is 0. The molecule has 0 bridgehead atoms. The number of phosphoric acid groups is 1. The summed E-state index contributed by atoms with van der Waals surface area (Å²) in [4.78, 5) is 23.1. The van der Waals surface area contributed by atoms with Gasteiger partial charge in [0.15, 0.2) is 0 Å². The second kappa shape index (κ2) is 43.4. The van der Waals surface area contributed by atoms with Crippen molar-refractivity contribution in [3.8, 4) is 0 Å². The number of aliphatic hydroxyl groups is 1. The Bertz CT molecular complexity index is 1370. The van der Waals surface area contributed by atoms with E-state index in [1.54, 1.807) is 0 Å². The van der Waals surface area contributed by atoms with Crippen molar-refractivity contribution < 1.29 is 32.9 Å². The van der Waals surface area contributed by atoms with Crippen LogP contribution in [0.4, 0.5) is 0 Å². The Hall–Kier alpha value is -2.84. The molecule has 3 N–H and O–H groups in total. The highest BCUT2D eigenvalue weighted by Gasteiger charge is 2.28. The summed E-state index contributed by atoms with van der Waals surface area (Å²) in [6.07, 6.45) is 62.8. The molecule has 0 aliphatic heterocycles. The number of aliphatic hydroxyl groups excluding tert-OH is 1. The first-order valence-electron chi connectivity index (χ1n) is 24.3. The zero-order chi connectivity index (χ0) is 45.7. The van der Waals surface area contributed by atoms with E-state index in [1.807, 2.05) is 21.1 Å². The minimum atomic E-state index is -4.34. The van der Waals surface area contributed by atoms with Gasteiger partial charge in [0.25, 0.3) is 0 Å². The monoisotopic (exact) mass is 884 g/mol. The van der Waals surface area contributed by atoms with E-state index in [-0.39, 0.29) is 19.1 Å². The number of hydrogen-bond donors (Lipinski definition) is 3. The van der Waals surface area contributed by atoms with Gasteiger partial charge in [-0.05, 0) is 77.0 Å². The number of quaternary nitrogens is 1. The van der Waals surface area contributed by atoms with E-state index in [0.29, 0.717) is 30.3 Å². The molecule has 9 heteroatoms. The van der Waals surface area contributed by atoms with E-state index in [2.05, 4.69) is 129 Å². The third-order valence-electron chi connectivity index (χ3n) is 10.0. The first-order valence-corrected chi connectivity index (χ1v) is 25.7. The fraction of sp³-hybridized carbons (Fsp3) is 0.642. The topological polar surface area (TPSA) is 105 Å². The largest absolute Gasteiger partial charge is 0.472 e. The third-order valence-corrected chi connectivity index (χ3v) is 11.0. The highest BCUT2D eigenvalue weighted by molar-refractivity contribution is 7.47. The standard InChI is InChI=1S/C53H91N2O6P/c1-6-8-10-12-14-16-18-19-20-21-22-23-24-25-26-27-28-29-30-31-32-33-34-35-37-39-41-43-45-47-53(57)54-51(50-61-62(58,59)60-49-48-55(3,4)5)52(56)46-44-42-40-38-36-17-15-13-11-9-7-2/h8,10,14,16,19-20,22-23,25-26,28-29,31-32,34-35,39,41,51-52,56H,6-7,9,11-13,15,17-18,21,24,27,30,33,36-38,40,42-50H2,1-5H3,(H-,54,57,58,59)/p+1/b10-8-,16-14-,20-19-,23-22-,26-25-,29-28-,32-31-,35-34-,41-39-. The molecular weight excluding hydrogens is 792 g/mol. The van der Waals surface area contributed by atoms with Gasteiger partial charge in [-0.2, -0.15) is 0 Å². The number of nitrogens with zero attached hydrogens (tertiary/aromatic N) is 1. The number of allylic oxidation sites excluding steroid dienone is 18. The fourth-order valence-corrected chi connectivity index (χ4v) is 6.96. The number of nitrogens with one attached hydrogen (secondary N) is 1. The zero-order valence-corrected chi connectivity index (χ0v) is 41.0. The Morgan fingerprint density at radius 2 is 0.952 bits per heavy atom. The van der Waals surface area contributed by atoms with Crippen molar-refractivity contribution in [2.24, 2.45) is 0 Å². The molecule has 0 spiro atoms. The number of carbonyl (C=O) groups is 1. The van der Waals surface area contributed by atoms with Crippen molar-refractivity contribution in [2.75, 3.05) is 40.9 Å². The molecule has 1 amide bonds. The van der Waals surface area contributed by atoms with Gasteiger partial charge >= 0.3 is 7.82 Å². The van der Waals surface area contributed by atoms with E-state index < -0.39 is 20.0 Å². The molecule has 0 aliphatic carbocycles. The smallest absolute Gasteiger partial charge is 0.391 e. The van der Waals surface area contributed by atoms with Crippen molar-refractivity contribution >= 4 is 13.7 Å². The molecule has 0 radical (unpaired) electrons. The normalized spacial score (nSPS) is 15.1. The molecule has 0 aliphatic rings. The van der Waals surface area contributed by atoms with Gasteiger partial charge in [-0.25, -0.2) is 4.57 Å². The quantitative estimate of drug-likeness (QED) is 0.0244. The van der Waals surface area contributed by atoms with E-state index in [0.717, 1.165) is 83.5 Å². The van der Waals surface area contributed by atoms with Crippen molar-refractivity contribution in [1.29, 1.82) is 0 Å². The average molecular weight is 884 g/mol. The molecule has 0 aromatic rings. The fourth-order valence-electron chi connectivity index (χ4n) is 6.22. The molecule has 0 aromatic carbocycles. The summed E-state index contributed by atoms with van der Waals surface area (Å²) in [6, 6.07) is -0.798. The van der Waals surface area contributed by atoms with E-state index in [1.165, 1.54) is 51.4 Å². The van der Waals surface area contributed by atoms with Crippen molar-refractivity contribution in [2.45, 2.75) is 180 Å². The van der Waals surface area contributed by atoms with Gasteiger partial charge in [0.2, 0.25) is 5.91 Å². The van der Waals surface area contributed by atoms with Gasteiger partial charge in [-0.15, -0.1) is 0 Å². The van der Waals surface area contributed by atoms with Crippen LogP contribution in [0.15, 0.2) is 109 Å². The van der Waals surface area contributed by atoms with Crippen LogP contribution in [-0.2, 0) is 18.4 Å². The van der Waals surface area contributed by atoms with Crippen molar-refractivity contribution in [3.63, 3.8) is 0 Å². The maximum Gasteiger partial charge on any atom is 0.472 e. The van der Waals surface area contributed by atoms with Crippen LogP contribution in [0.25, 0.3) is 0 Å². The molecule has 0 heterocycles. The molecular formula is C53H92N2O6P+. The van der Waals surface area contributed by atoms with Crippen LogP contribution in [0.2, 0.25) is 0 Å². The Morgan fingerprint density at radius 3 is 1.35 bits per heavy atom. The molecule has 354 valence electrons. The van der Waals surface area contributed by atoms with Gasteiger partial charge in [0, 0.05) is 6.42 Å². The molecule has 3 atom stereocenters. The predicted molar refractivity (Wildman–Crippen MR) is 267 cm³/mol. The first kappa shape index (κ1) is 59.2. The Balaban J connectivity index is 4.37. The lowest BCUT2D eigenvalue weighted by atomic mass is 10.0. The van der Waals surface area contributed by atoms with Gasteiger partial charge in [0.1, 0.15) is 13.2 Å². The van der Waals surface area contributed by atoms with Crippen LogP contribution in [0, 0.1) is 0 Å². The molecule has 8 nitrogen and oxygen atoms in total. The number of phosphoric ester groups is 1. The lowest BCUT2D eigenvalue weighted by molar-refractivity contribution is -0.870. The van der Waals surface area contributed by atoms with Gasteiger partial charge in [0.05, 0.1) is 39.9 Å². The highest BCUT2D eigenvalue weighted by Crippen LogP contribution is 2.43. The molecule has 0 saturated carbocycles. The summed E-state index contributed by atoms with van der Waals surface area (Å²) in [5, 5.41) is 13.9. The second-order valence-corrected chi connectivity index (χ2v) is 18.6. The number of likely N-dealkylation sites (N-methyl/N-ethyl adjacent to an activating group) is 1. The molecule has 0 aromatic heterocycles. The molecule has 0 rings (SSSR count). The van der Waals surface area contributed by atoms with Crippen LogP contribution in [-0.4, -0.2) is 73.4 Å². The number of carbonyl (C=O) groups excluding carboxylic acids is 1. The van der Waals surface area contributed by atoms with E-state index in [4.69, 9.17) is 9.05 Å². The molecule has 0 saturated heterocycles. The number of unbranched alkanes of at least 4 members (excludes halogenated alkanes) is 11. The average Bonchev–Trinajstić information content (AvgIpc) is 3.23. The molecule has 0 fully saturated rings. The Morgan fingerprint density at radius 1 is 0.565 bits per heavy atom. The summed E-state index contributed by atoms with van der Waals surface area (Å²) in [5.74, 6) is -0.209. The van der Waals surface area contributed by atoms with Crippen molar-refractivity contribution in [3.05, 3.63) is 109 Å². The molecule has 3 unspecified atom stereocenters. The summed E-state index contributed by atoms with van der Waals surface area (Å²) in [5.41, 5.74) is 0. The minimum absolute atomic E-state index is 0.0572. The van der Waals surface area contributed by atoms with Crippen LogP contribution in [0.1, 0.15) is 168 Å². The van der Waals surface area contributed by atoms with E-state index in [9.17, 15) is 19.4 Å². The first-order chi connectivity index (χ1) is 30.0. The summed E-state index contributed by atoms with van der Waals surface area (Å²) < 4.78 is 23.6. The molecule has 62 heavy (non-hydrogen) atoms. The van der Waals surface area contributed by atoms with E-state index >= 15 is 0 Å². The predicted octanol–water partition coefficient (Wildman–Crippen LogP) is 14.1. The van der Waals surface area contributed by atoms with Crippen LogP contribution >= 0.6 is 7.82 Å². The number of hydrogen-bond acceptors (Lipinski definition) is 5. The van der Waals surface area contributed by atoms with Crippen LogP contribution in [0.5, 0.6) is 0 Å². The lowest BCUT2D eigenvalue weighted by Crippen LogP contribution is -2.46. The Labute approximate surface area is 381 Å². The maximum atomic E-state index is 12.9. The number of rotatable bonds is 42. The van der Waals surface area contributed by atoms with Gasteiger partial charge in [-0.3, -0.25) is 13.8 Å². The van der Waals surface area contributed by atoms with Crippen LogP contribution in [0.3, 0.4) is 0 Å². The number of amides is 1. The SMILES string of the molecule is CC/C=C\C/C=C\C/C=C\C/C=C\C/C=C\C/C=C\C/C=C\C/C=C\C/C=C\CCCC(=O)NC(COP(=O)(O)OCC[N+](C)(C)C)C(O)CCCCCCCCCCCCC. The third kappa shape index (κ3) is 45.2. The van der Waals surface area contributed by atoms with Gasteiger partial charge < -0.3 is 19.8 Å². The highest BCUT2D eigenvalue weighted by atomic mass is 31.2. The Kier molecular flexibility index (Phi) is 41.4. The summed E-state index contributed by atoms with van der Waals surface area (Å²) in [6.45, 7) is 4.69. The maximum absolute atomic E-state index is 12.9. The van der Waals surface area contributed by atoms with Crippen LogP contribution < -0.4 is 5.32 Å². The van der Waals surface area contributed by atoms with Crippen molar-refractivity contribution in [1.82, 2.24) is 5.32 Å². The second-order valence-electron chi connectivity index (χ2n) is 17.1. The minimum Gasteiger partial charge on any atom is -0.391 e. The summed E-state index contributed by atoms with van der Waals surface area (Å²) in [7, 11) is 1.56. The zero-order valence-electron chi connectivity index (χ0n) is 40.1. The lowest BCUT2D eigenvalue weighted by Gasteiger charge is -2.26. The van der Waals surface area contributed by atoms with Gasteiger partial charge in [-0.1, -0.05) is 194 Å².